The van der Waals surface area contributed by atoms with Gasteiger partial charge in [0.15, 0.2) is 0 Å². The van der Waals surface area contributed by atoms with Gasteiger partial charge < -0.3 is 20.1 Å². The second-order valence-corrected chi connectivity index (χ2v) is 5.71. The molecular formula is C17H34N2O4. The lowest BCUT2D eigenvalue weighted by Crippen LogP contribution is -2.43. The second kappa shape index (κ2) is 14.2. The molecule has 0 aromatic carbocycles. The zero-order chi connectivity index (χ0) is 17.5. The van der Waals surface area contributed by atoms with E-state index < -0.39 is 0 Å². The number of carbonyl (C=O) groups excluding carboxylic acids is 2. The Bertz CT molecular complexity index is 294. The van der Waals surface area contributed by atoms with Crippen molar-refractivity contribution in [1.29, 1.82) is 0 Å². The van der Waals surface area contributed by atoms with Crippen LogP contribution in [0.15, 0.2) is 0 Å². The van der Waals surface area contributed by atoms with Crippen molar-refractivity contribution in [2.24, 2.45) is 0 Å². The number of unbranched alkanes of at least 4 members (excludes halogenated alkanes) is 2. The summed E-state index contributed by atoms with van der Waals surface area (Å²) in [4.78, 5) is 23.4. The summed E-state index contributed by atoms with van der Waals surface area (Å²) in [5, 5.41) is 5.73. The lowest BCUT2D eigenvalue weighted by Gasteiger charge is -2.23. The first-order valence-corrected chi connectivity index (χ1v) is 8.93. The predicted octanol–water partition coefficient (Wildman–Crippen LogP) is 3.99. The van der Waals surface area contributed by atoms with Crippen molar-refractivity contribution in [2.45, 2.75) is 84.7 Å². The smallest absolute Gasteiger partial charge is 0.407 e. The van der Waals surface area contributed by atoms with Gasteiger partial charge in [-0.05, 0) is 32.1 Å². The van der Waals surface area contributed by atoms with E-state index in [1.807, 2.05) is 27.7 Å². The van der Waals surface area contributed by atoms with Gasteiger partial charge >= 0.3 is 12.2 Å². The summed E-state index contributed by atoms with van der Waals surface area (Å²) < 4.78 is 10.2. The summed E-state index contributed by atoms with van der Waals surface area (Å²) in [6.07, 6.45) is 5.19. The lowest BCUT2D eigenvalue weighted by atomic mass is 10.0. The highest BCUT2D eigenvalue weighted by Crippen LogP contribution is 2.07. The van der Waals surface area contributed by atoms with Gasteiger partial charge in [0.05, 0.1) is 13.2 Å². The molecule has 0 aliphatic carbocycles. The molecule has 0 saturated heterocycles. The summed E-state index contributed by atoms with van der Waals surface area (Å²) >= 11 is 0. The molecule has 0 heterocycles. The van der Waals surface area contributed by atoms with E-state index in [0.717, 1.165) is 38.5 Å². The van der Waals surface area contributed by atoms with Crippen LogP contribution in [0, 0.1) is 0 Å². The van der Waals surface area contributed by atoms with Crippen LogP contribution in [-0.4, -0.2) is 37.5 Å². The number of alkyl carbamates (subject to hydrolysis) is 2. The second-order valence-electron chi connectivity index (χ2n) is 5.71. The van der Waals surface area contributed by atoms with Crippen molar-refractivity contribution in [3.63, 3.8) is 0 Å². The van der Waals surface area contributed by atoms with Gasteiger partial charge in [-0.25, -0.2) is 9.59 Å². The van der Waals surface area contributed by atoms with E-state index in [1.54, 1.807) is 0 Å². The van der Waals surface area contributed by atoms with Gasteiger partial charge in [0, 0.05) is 12.1 Å². The molecule has 6 nitrogen and oxygen atoms in total. The first kappa shape index (κ1) is 21.5. The van der Waals surface area contributed by atoms with E-state index in [1.165, 1.54) is 0 Å². The monoisotopic (exact) mass is 330 g/mol. The van der Waals surface area contributed by atoms with Crippen molar-refractivity contribution in [1.82, 2.24) is 10.6 Å². The molecule has 0 saturated carbocycles. The maximum Gasteiger partial charge on any atom is 0.407 e. The average Bonchev–Trinajstić information content (AvgIpc) is 2.53. The lowest BCUT2D eigenvalue weighted by molar-refractivity contribution is 0.134. The molecule has 2 amide bonds. The Labute approximate surface area is 140 Å². The zero-order valence-corrected chi connectivity index (χ0v) is 15.2. The van der Waals surface area contributed by atoms with Gasteiger partial charge in [0.2, 0.25) is 0 Å². The molecule has 23 heavy (non-hydrogen) atoms. The molecule has 136 valence electrons. The Morgan fingerprint density at radius 1 is 0.783 bits per heavy atom. The van der Waals surface area contributed by atoms with Crippen LogP contribution in [-0.2, 0) is 9.47 Å². The molecule has 0 aromatic heterocycles. The van der Waals surface area contributed by atoms with Gasteiger partial charge in [-0.3, -0.25) is 0 Å². The van der Waals surface area contributed by atoms with Crippen LogP contribution in [0.3, 0.4) is 0 Å². The van der Waals surface area contributed by atoms with Gasteiger partial charge in [-0.1, -0.05) is 40.5 Å². The largest absolute Gasteiger partial charge is 0.450 e. The Balaban J connectivity index is 4.17. The van der Waals surface area contributed by atoms with Crippen molar-refractivity contribution in [3.05, 3.63) is 0 Å². The molecule has 0 spiro atoms. The quantitative estimate of drug-likeness (QED) is 0.531. The molecule has 0 aliphatic rings. The highest BCUT2D eigenvalue weighted by Gasteiger charge is 2.18. The van der Waals surface area contributed by atoms with E-state index in [4.69, 9.17) is 9.47 Å². The topological polar surface area (TPSA) is 76.7 Å². The highest BCUT2D eigenvalue weighted by molar-refractivity contribution is 5.68. The number of hydrogen-bond acceptors (Lipinski definition) is 4. The maximum absolute atomic E-state index is 11.7. The number of amides is 2. The Morgan fingerprint density at radius 3 is 1.48 bits per heavy atom. The maximum atomic E-state index is 11.7. The first-order chi connectivity index (χ1) is 11.1. The third kappa shape index (κ3) is 11.7. The molecule has 0 rings (SSSR count). The molecule has 6 heteroatoms. The van der Waals surface area contributed by atoms with Crippen molar-refractivity contribution < 1.29 is 19.1 Å². The average molecular weight is 330 g/mol. The van der Waals surface area contributed by atoms with E-state index in [0.29, 0.717) is 19.6 Å². The summed E-state index contributed by atoms with van der Waals surface area (Å²) in [5.41, 5.74) is 0. The molecular weight excluding hydrogens is 296 g/mol. The molecule has 0 radical (unpaired) electrons. The van der Waals surface area contributed by atoms with Crippen LogP contribution < -0.4 is 10.6 Å². The van der Waals surface area contributed by atoms with E-state index in [9.17, 15) is 9.59 Å². The molecule has 2 N–H and O–H groups in total. The van der Waals surface area contributed by atoms with Crippen LogP contribution >= 0.6 is 0 Å². The van der Waals surface area contributed by atoms with Crippen molar-refractivity contribution in [3.8, 4) is 0 Å². The summed E-state index contributed by atoms with van der Waals surface area (Å²) in [5.74, 6) is 0. The molecule has 0 fully saturated rings. The fourth-order valence-corrected chi connectivity index (χ4v) is 2.03. The third-order valence-corrected chi connectivity index (χ3v) is 3.66. The molecule has 2 unspecified atom stereocenters. The van der Waals surface area contributed by atoms with Crippen LogP contribution in [0.5, 0.6) is 0 Å². The van der Waals surface area contributed by atoms with Gasteiger partial charge in [0.1, 0.15) is 0 Å². The van der Waals surface area contributed by atoms with E-state index in [-0.39, 0.29) is 24.3 Å². The first-order valence-electron chi connectivity index (χ1n) is 8.93. The number of nitrogens with one attached hydrogen (secondary N) is 2. The van der Waals surface area contributed by atoms with Crippen LogP contribution in [0.2, 0.25) is 0 Å². The minimum atomic E-state index is -0.384. The van der Waals surface area contributed by atoms with Gasteiger partial charge in [-0.15, -0.1) is 0 Å². The van der Waals surface area contributed by atoms with Gasteiger partial charge in [0.25, 0.3) is 0 Å². The number of ether oxygens (including phenoxy) is 2. The highest BCUT2D eigenvalue weighted by atomic mass is 16.6. The molecule has 2 atom stereocenters. The minimum absolute atomic E-state index is 0.0231. The normalized spacial score (nSPS) is 13.0. The zero-order valence-electron chi connectivity index (χ0n) is 15.2. The van der Waals surface area contributed by atoms with Crippen molar-refractivity contribution in [2.75, 3.05) is 13.2 Å². The minimum Gasteiger partial charge on any atom is -0.450 e. The standard InChI is InChI=1S/C17H34N2O4/c1-5-9-11-22-16(20)18-14(7-3)13-15(8-4)19-17(21)23-12-10-6-2/h14-15H,5-13H2,1-4H3,(H,18,20)(H,19,21). The van der Waals surface area contributed by atoms with Crippen LogP contribution in [0.4, 0.5) is 9.59 Å². The molecule has 0 bridgehead atoms. The van der Waals surface area contributed by atoms with Gasteiger partial charge in [-0.2, -0.15) is 0 Å². The summed E-state index contributed by atoms with van der Waals surface area (Å²) in [7, 11) is 0. The number of carbonyl (C=O) groups is 2. The SMILES string of the molecule is CCCCOC(=O)NC(CC)CC(CC)NC(=O)OCCCC. The predicted molar refractivity (Wildman–Crippen MR) is 91.6 cm³/mol. The summed E-state index contributed by atoms with van der Waals surface area (Å²) in [6, 6.07) is -0.0463. The molecule has 0 aromatic rings. The van der Waals surface area contributed by atoms with Crippen LogP contribution in [0.25, 0.3) is 0 Å². The Hall–Kier alpha value is -1.46. The fourth-order valence-electron chi connectivity index (χ4n) is 2.03. The third-order valence-electron chi connectivity index (χ3n) is 3.66. The fraction of sp³-hybridized carbons (Fsp3) is 0.882. The summed E-state index contributed by atoms with van der Waals surface area (Å²) in [6.45, 7) is 8.99. The van der Waals surface area contributed by atoms with E-state index in [2.05, 4.69) is 10.6 Å². The number of rotatable bonds is 12. The van der Waals surface area contributed by atoms with Crippen molar-refractivity contribution >= 4 is 12.2 Å². The number of hydrogen-bond donors (Lipinski definition) is 2. The van der Waals surface area contributed by atoms with Crippen LogP contribution in [0.1, 0.15) is 72.6 Å². The molecule has 0 aliphatic heterocycles. The van der Waals surface area contributed by atoms with E-state index >= 15 is 0 Å². The Kier molecular flexibility index (Phi) is 13.3. The Morgan fingerprint density at radius 2 is 1.17 bits per heavy atom.